The molecule has 0 amide bonds. The molecule has 0 bridgehead atoms. The first kappa shape index (κ1) is 12.6. The van der Waals surface area contributed by atoms with Crippen molar-refractivity contribution in [2.24, 2.45) is 0 Å². The van der Waals surface area contributed by atoms with Crippen molar-refractivity contribution in [3.8, 4) is 0 Å². The number of benzene rings is 1. The lowest BCUT2D eigenvalue weighted by Gasteiger charge is -2.06. The van der Waals surface area contributed by atoms with Gasteiger partial charge < -0.3 is 4.57 Å². The van der Waals surface area contributed by atoms with Gasteiger partial charge in [-0.25, -0.2) is 0 Å². The molecule has 0 aliphatic rings. The van der Waals surface area contributed by atoms with Crippen LogP contribution in [0.5, 0.6) is 0 Å². The monoisotopic (exact) mass is 241 g/mol. The van der Waals surface area contributed by atoms with E-state index in [4.69, 9.17) is 0 Å². The average molecular weight is 241 g/mol. The lowest BCUT2D eigenvalue weighted by molar-refractivity contribution is 0.593. The summed E-state index contributed by atoms with van der Waals surface area (Å²) in [4.78, 5) is 11.7. The van der Waals surface area contributed by atoms with Crippen molar-refractivity contribution in [1.29, 1.82) is 0 Å². The van der Waals surface area contributed by atoms with Gasteiger partial charge in [-0.2, -0.15) is 0 Å². The van der Waals surface area contributed by atoms with E-state index in [1.807, 2.05) is 25.3 Å². The highest BCUT2D eigenvalue weighted by molar-refractivity contribution is 5.14. The fourth-order valence-corrected chi connectivity index (χ4v) is 2.05. The van der Waals surface area contributed by atoms with Crippen LogP contribution in [0.25, 0.3) is 0 Å². The molecule has 0 unspecified atom stereocenters. The van der Waals surface area contributed by atoms with Crippen molar-refractivity contribution in [2.45, 2.75) is 32.7 Å². The predicted molar refractivity (Wildman–Crippen MR) is 74.8 cm³/mol. The highest BCUT2D eigenvalue weighted by Crippen LogP contribution is 2.05. The molecule has 0 spiro atoms. The van der Waals surface area contributed by atoms with E-state index in [9.17, 15) is 4.79 Å². The largest absolute Gasteiger partial charge is 0.316 e. The molecule has 0 aliphatic carbocycles. The summed E-state index contributed by atoms with van der Waals surface area (Å²) in [5, 5.41) is 0. The summed E-state index contributed by atoms with van der Waals surface area (Å²) in [6, 6.07) is 14.2. The molecule has 2 heteroatoms. The van der Waals surface area contributed by atoms with Crippen LogP contribution in [-0.2, 0) is 13.0 Å². The average Bonchev–Trinajstić information content (AvgIpc) is 2.38. The van der Waals surface area contributed by atoms with Crippen LogP contribution in [0.4, 0.5) is 0 Å². The van der Waals surface area contributed by atoms with Gasteiger partial charge in [-0.1, -0.05) is 30.3 Å². The van der Waals surface area contributed by atoms with Crippen molar-refractivity contribution in [1.82, 2.24) is 4.57 Å². The minimum atomic E-state index is 0.106. The van der Waals surface area contributed by atoms with Gasteiger partial charge in [0.15, 0.2) is 0 Å². The molecule has 0 aliphatic heterocycles. The Kier molecular flexibility index (Phi) is 4.35. The van der Waals surface area contributed by atoms with Crippen LogP contribution < -0.4 is 5.56 Å². The number of hydrogen-bond acceptors (Lipinski definition) is 1. The smallest absolute Gasteiger partial charge is 0.250 e. The van der Waals surface area contributed by atoms with Crippen LogP contribution in [0, 0.1) is 6.92 Å². The maximum atomic E-state index is 11.7. The molecule has 0 N–H and O–H groups in total. The number of pyridine rings is 1. The molecule has 0 saturated heterocycles. The van der Waals surface area contributed by atoms with E-state index in [0.717, 1.165) is 31.4 Å². The molecule has 1 aromatic heterocycles. The third-order valence-corrected chi connectivity index (χ3v) is 3.11. The van der Waals surface area contributed by atoms with Gasteiger partial charge in [0.05, 0.1) is 0 Å². The Labute approximate surface area is 108 Å². The van der Waals surface area contributed by atoms with Crippen LogP contribution in [0.3, 0.4) is 0 Å². The van der Waals surface area contributed by atoms with Gasteiger partial charge in [0.1, 0.15) is 0 Å². The number of hydrogen-bond donors (Lipinski definition) is 0. The van der Waals surface area contributed by atoms with Crippen LogP contribution in [0.2, 0.25) is 0 Å². The molecule has 1 heterocycles. The molecule has 18 heavy (non-hydrogen) atoms. The van der Waals surface area contributed by atoms with Gasteiger partial charge in [-0.05, 0) is 43.4 Å². The van der Waals surface area contributed by atoms with Crippen LogP contribution in [-0.4, -0.2) is 4.57 Å². The second kappa shape index (κ2) is 6.20. The number of unbranched alkanes of at least 4 members (excludes halogenated alkanes) is 1. The predicted octanol–water partition coefficient (Wildman–Crippen LogP) is 3.18. The Bertz CT molecular complexity index is 543. The van der Waals surface area contributed by atoms with Crippen molar-refractivity contribution in [3.63, 3.8) is 0 Å². The molecule has 0 fully saturated rings. The van der Waals surface area contributed by atoms with E-state index >= 15 is 0 Å². The van der Waals surface area contributed by atoms with Gasteiger partial charge >= 0.3 is 0 Å². The quantitative estimate of drug-likeness (QED) is 0.737. The summed E-state index contributed by atoms with van der Waals surface area (Å²) in [7, 11) is 0. The number of rotatable bonds is 5. The first-order valence-electron chi connectivity index (χ1n) is 6.47. The summed E-state index contributed by atoms with van der Waals surface area (Å²) in [6.45, 7) is 2.76. The van der Waals surface area contributed by atoms with E-state index in [-0.39, 0.29) is 5.56 Å². The van der Waals surface area contributed by atoms with Crippen molar-refractivity contribution in [2.75, 3.05) is 0 Å². The third kappa shape index (κ3) is 3.59. The first-order valence-corrected chi connectivity index (χ1v) is 6.47. The maximum absolute atomic E-state index is 11.7. The summed E-state index contributed by atoms with van der Waals surface area (Å²) in [6.07, 6.45) is 5.13. The summed E-state index contributed by atoms with van der Waals surface area (Å²) >= 11 is 0. The lowest BCUT2D eigenvalue weighted by atomic mass is 10.1. The van der Waals surface area contributed by atoms with Crippen LogP contribution in [0.15, 0.2) is 53.5 Å². The van der Waals surface area contributed by atoms with Gasteiger partial charge in [-0.15, -0.1) is 0 Å². The van der Waals surface area contributed by atoms with Gasteiger partial charge in [0, 0.05) is 18.8 Å². The Balaban J connectivity index is 1.80. The van der Waals surface area contributed by atoms with Gasteiger partial charge in [-0.3, -0.25) is 4.79 Å². The molecule has 0 radical (unpaired) electrons. The Morgan fingerprint density at radius 2 is 1.83 bits per heavy atom. The highest BCUT2D eigenvalue weighted by atomic mass is 16.1. The molecule has 1 aromatic carbocycles. The fraction of sp³-hybridized carbons (Fsp3) is 0.312. The molecular formula is C16H19NO. The Hall–Kier alpha value is -1.83. The molecular weight excluding hydrogens is 222 g/mol. The fourth-order valence-electron chi connectivity index (χ4n) is 2.05. The van der Waals surface area contributed by atoms with Gasteiger partial charge in [0.2, 0.25) is 0 Å². The molecule has 2 aromatic rings. The molecule has 0 atom stereocenters. The van der Waals surface area contributed by atoms with Crippen LogP contribution >= 0.6 is 0 Å². The summed E-state index contributed by atoms with van der Waals surface area (Å²) in [5.74, 6) is 0. The second-order valence-corrected chi connectivity index (χ2v) is 4.68. The van der Waals surface area contributed by atoms with Gasteiger partial charge in [0.25, 0.3) is 5.56 Å². The molecule has 0 saturated carbocycles. The number of aromatic nitrogens is 1. The summed E-state index contributed by atoms with van der Waals surface area (Å²) < 4.78 is 1.79. The van der Waals surface area contributed by atoms with Crippen LogP contribution in [0.1, 0.15) is 24.0 Å². The zero-order valence-electron chi connectivity index (χ0n) is 10.8. The lowest BCUT2D eigenvalue weighted by Crippen LogP contribution is -2.18. The second-order valence-electron chi connectivity index (χ2n) is 4.68. The molecule has 2 rings (SSSR count). The van der Waals surface area contributed by atoms with Crippen molar-refractivity contribution >= 4 is 0 Å². The van der Waals surface area contributed by atoms with E-state index in [1.165, 1.54) is 5.56 Å². The molecule has 2 nitrogen and oxygen atoms in total. The number of nitrogens with zero attached hydrogens (tertiary/aromatic N) is 1. The van der Waals surface area contributed by atoms with E-state index < -0.39 is 0 Å². The van der Waals surface area contributed by atoms with E-state index in [1.54, 1.807) is 10.6 Å². The topological polar surface area (TPSA) is 22.0 Å². The minimum absolute atomic E-state index is 0.106. The first-order chi connectivity index (χ1) is 8.75. The van der Waals surface area contributed by atoms with Crippen molar-refractivity contribution in [3.05, 3.63) is 70.1 Å². The van der Waals surface area contributed by atoms with E-state index in [0.29, 0.717) is 0 Å². The zero-order valence-corrected chi connectivity index (χ0v) is 10.8. The Morgan fingerprint density at radius 1 is 1.06 bits per heavy atom. The third-order valence-electron chi connectivity index (χ3n) is 3.11. The zero-order chi connectivity index (χ0) is 12.8. The normalized spacial score (nSPS) is 10.5. The molecule has 94 valence electrons. The number of aryl methyl sites for hydroxylation is 3. The maximum Gasteiger partial charge on any atom is 0.250 e. The SMILES string of the molecule is Cc1ccn(CCCCc2ccccc2)c(=O)c1. The summed E-state index contributed by atoms with van der Waals surface area (Å²) in [5.41, 5.74) is 2.50. The highest BCUT2D eigenvalue weighted by Gasteiger charge is 1.97. The minimum Gasteiger partial charge on any atom is -0.316 e. The van der Waals surface area contributed by atoms with Crippen molar-refractivity contribution < 1.29 is 0 Å². The van der Waals surface area contributed by atoms with E-state index in [2.05, 4.69) is 24.3 Å². The Morgan fingerprint density at radius 3 is 2.56 bits per heavy atom. The standard InChI is InChI=1S/C16H19NO/c1-14-10-12-17(16(18)13-14)11-6-5-9-15-7-3-2-4-8-15/h2-4,7-8,10,12-13H,5-6,9,11H2,1H3.